The van der Waals surface area contributed by atoms with Crippen molar-refractivity contribution < 1.29 is 12.8 Å². The van der Waals surface area contributed by atoms with E-state index >= 15 is 0 Å². The van der Waals surface area contributed by atoms with E-state index in [4.69, 9.17) is 0 Å². The van der Waals surface area contributed by atoms with Crippen molar-refractivity contribution in [2.45, 2.75) is 32.1 Å². The van der Waals surface area contributed by atoms with Crippen LogP contribution in [0.2, 0.25) is 0 Å². The molecule has 1 aromatic carbocycles. The summed E-state index contributed by atoms with van der Waals surface area (Å²) in [5.74, 6) is -0.804. The number of hydrogen-bond acceptors (Lipinski definition) is 2. The molecule has 1 atom stereocenters. The quantitative estimate of drug-likeness (QED) is 0.863. The zero-order valence-electron chi connectivity index (χ0n) is 9.40. The van der Waals surface area contributed by atoms with Gasteiger partial charge in [0.1, 0.15) is 5.82 Å². The molecular weight excluding hydrogens is 229 g/mol. The van der Waals surface area contributed by atoms with Crippen molar-refractivity contribution in [1.29, 1.82) is 0 Å². The van der Waals surface area contributed by atoms with Crippen LogP contribution in [0.25, 0.3) is 0 Å². The van der Waals surface area contributed by atoms with E-state index in [9.17, 15) is 12.8 Å². The molecule has 1 rings (SSSR count). The van der Waals surface area contributed by atoms with Gasteiger partial charge >= 0.3 is 0 Å². The lowest BCUT2D eigenvalue weighted by atomic mass is 10.2. The van der Waals surface area contributed by atoms with Crippen LogP contribution in [0.5, 0.6) is 0 Å². The predicted octanol–water partition coefficient (Wildman–Crippen LogP) is 2.04. The summed E-state index contributed by atoms with van der Waals surface area (Å²) >= 11 is 0. The second kappa shape index (κ2) is 5.41. The zero-order valence-corrected chi connectivity index (χ0v) is 10.2. The van der Waals surface area contributed by atoms with Crippen molar-refractivity contribution in [1.82, 2.24) is 4.72 Å². The molecule has 0 aliphatic heterocycles. The number of sulfonamides is 1. The Labute approximate surface area is 95.7 Å². The molecule has 0 fully saturated rings. The summed E-state index contributed by atoms with van der Waals surface area (Å²) in [6, 6.07) is 5.76. The fraction of sp³-hybridized carbons (Fsp3) is 0.455. The van der Waals surface area contributed by atoms with Gasteiger partial charge in [-0.25, -0.2) is 17.5 Å². The minimum Gasteiger partial charge on any atom is -0.212 e. The third-order valence-corrected chi connectivity index (χ3v) is 3.75. The molecule has 0 bridgehead atoms. The maximum absolute atomic E-state index is 13.2. The molecule has 0 heterocycles. The molecule has 0 amide bonds. The first-order valence-electron chi connectivity index (χ1n) is 5.18. The van der Waals surface area contributed by atoms with Gasteiger partial charge in [0.15, 0.2) is 0 Å². The lowest BCUT2D eigenvalue weighted by molar-refractivity contribution is 0.551. The van der Waals surface area contributed by atoms with Crippen molar-refractivity contribution in [2.24, 2.45) is 0 Å². The lowest BCUT2D eigenvalue weighted by Crippen LogP contribution is -2.33. The Morgan fingerprint density at radius 3 is 2.56 bits per heavy atom. The van der Waals surface area contributed by atoms with E-state index in [0.29, 0.717) is 6.42 Å². The van der Waals surface area contributed by atoms with Crippen LogP contribution >= 0.6 is 0 Å². The Kier molecular flexibility index (Phi) is 4.44. The van der Waals surface area contributed by atoms with Crippen LogP contribution < -0.4 is 4.72 Å². The van der Waals surface area contributed by atoms with Crippen molar-refractivity contribution in [3.8, 4) is 0 Å². The molecule has 5 heteroatoms. The normalized spacial score (nSPS) is 13.7. The van der Waals surface area contributed by atoms with Gasteiger partial charge < -0.3 is 0 Å². The molecule has 0 saturated heterocycles. The molecule has 0 aliphatic rings. The van der Waals surface area contributed by atoms with Gasteiger partial charge in [-0.3, -0.25) is 0 Å². The second-order valence-electron chi connectivity index (χ2n) is 3.78. The molecule has 0 saturated carbocycles. The summed E-state index contributed by atoms with van der Waals surface area (Å²) in [6.07, 6.45) is 0.705. The van der Waals surface area contributed by atoms with E-state index in [0.717, 1.165) is 0 Å². The Morgan fingerprint density at radius 1 is 1.38 bits per heavy atom. The van der Waals surface area contributed by atoms with E-state index in [1.807, 2.05) is 6.92 Å². The van der Waals surface area contributed by atoms with Gasteiger partial charge in [-0.1, -0.05) is 25.1 Å². The van der Waals surface area contributed by atoms with Crippen molar-refractivity contribution in [3.05, 3.63) is 35.6 Å². The minimum absolute atomic E-state index is 0.128. The van der Waals surface area contributed by atoms with E-state index in [1.165, 1.54) is 18.2 Å². The molecule has 0 spiro atoms. The SMILES string of the molecule is CC[C@H](C)NS(=O)(=O)Cc1ccccc1F. The van der Waals surface area contributed by atoms with Crippen molar-refractivity contribution in [2.75, 3.05) is 0 Å². The number of hydrogen-bond donors (Lipinski definition) is 1. The lowest BCUT2D eigenvalue weighted by Gasteiger charge is -2.12. The molecule has 3 nitrogen and oxygen atoms in total. The first-order valence-corrected chi connectivity index (χ1v) is 6.83. The number of halogens is 1. The molecule has 16 heavy (non-hydrogen) atoms. The summed E-state index contributed by atoms with van der Waals surface area (Å²) in [4.78, 5) is 0. The van der Waals surface area contributed by atoms with Gasteiger partial charge in [-0.15, -0.1) is 0 Å². The number of rotatable bonds is 5. The second-order valence-corrected chi connectivity index (χ2v) is 5.53. The minimum atomic E-state index is -3.46. The van der Waals surface area contributed by atoms with Gasteiger partial charge in [0.25, 0.3) is 0 Å². The van der Waals surface area contributed by atoms with Gasteiger partial charge in [-0.05, 0) is 19.4 Å². The Balaban J connectivity index is 2.77. The number of nitrogens with one attached hydrogen (secondary N) is 1. The van der Waals surface area contributed by atoms with Crippen LogP contribution in [0.1, 0.15) is 25.8 Å². The van der Waals surface area contributed by atoms with Crippen LogP contribution in [-0.2, 0) is 15.8 Å². The van der Waals surface area contributed by atoms with Crippen LogP contribution in [0.4, 0.5) is 4.39 Å². The van der Waals surface area contributed by atoms with Gasteiger partial charge in [-0.2, -0.15) is 0 Å². The van der Waals surface area contributed by atoms with Crippen molar-refractivity contribution in [3.63, 3.8) is 0 Å². The molecular formula is C11H16FNO2S. The Morgan fingerprint density at radius 2 is 2.00 bits per heavy atom. The maximum Gasteiger partial charge on any atom is 0.216 e. The first-order chi connectivity index (χ1) is 7.44. The average Bonchev–Trinajstić information content (AvgIpc) is 2.20. The topological polar surface area (TPSA) is 46.2 Å². The summed E-state index contributed by atoms with van der Waals surface area (Å²) in [5, 5.41) is 0. The van der Waals surface area contributed by atoms with Crippen LogP contribution in [0.15, 0.2) is 24.3 Å². The standard InChI is InChI=1S/C11H16FNO2S/c1-3-9(2)13-16(14,15)8-10-6-4-5-7-11(10)12/h4-7,9,13H,3,8H2,1-2H3/t9-/m0/s1. The van der Waals surface area contributed by atoms with Gasteiger partial charge in [0, 0.05) is 11.6 Å². The zero-order chi connectivity index (χ0) is 12.2. The number of benzene rings is 1. The van der Waals surface area contributed by atoms with Gasteiger partial charge in [0.05, 0.1) is 5.75 Å². The summed E-state index contributed by atoms with van der Waals surface area (Å²) in [5.41, 5.74) is 0.193. The van der Waals surface area contributed by atoms with E-state index < -0.39 is 15.8 Å². The third kappa shape index (κ3) is 3.90. The highest BCUT2D eigenvalue weighted by Crippen LogP contribution is 2.10. The summed E-state index contributed by atoms with van der Waals surface area (Å²) < 4.78 is 39.0. The maximum atomic E-state index is 13.2. The third-order valence-electron chi connectivity index (χ3n) is 2.30. The molecule has 1 N–H and O–H groups in total. The monoisotopic (exact) mass is 245 g/mol. The van der Waals surface area contributed by atoms with Crippen LogP contribution in [-0.4, -0.2) is 14.5 Å². The largest absolute Gasteiger partial charge is 0.216 e. The Hall–Kier alpha value is -0.940. The average molecular weight is 245 g/mol. The van der Waals surface area contributed by atoms with Gasteiger partial charge in [0.2, 0.25) is 10.0 Å². The molecule has 0 radical (unpaired) electrons. The van der Waals surface area contributed by atoms with E-state index in [-0.39, 0.29) is 17.4 Å². The fourth-order valence-corrected chi connectivity index (χ4v) is 2.76. The highest BCUT2D eigenvalue weighted by Gasteiger charge is 2.16. The Bertz CT molecular complexity index is 445. The van der Waals surface area contributed by atoms with Crippen LogP contribution in [0.3, 0.4) is 0 Å². The molecule has 0 aromatic heterocycles. The summed E-state index contributed by atoms with van der Waals surface area (Å²) in [6.45, 7) is 3.66. The molecule has 90 valence electrons. The summed E-state index contributed by atoms with van der Waals surface area (Å²) in [7, 11) is -3.46. The molecule has 0 aliphatic carbocycles. The fourth-order valence-electron chi connectivity index (χ4n) is 1.25. The first kappa shape index (κ1) is 13.1. The van der Waals surface area contributed by atoms with Crippen LogP contribution in [0, 0.1) is 5.82 Å². The smallest absolute Gasteiger partial charge is 0.212 e. The van der Waals surface area contributed by atoms with Crippen molar-refractivity contribution >= 4 is 10.0 Å². The highest BCUT2D eigenvalue weighted by atomic mass is 32.2. The predicted molar refractivity (Wildman–Crippen MR) is 61.9 cm³/mol. The molecule has 1 aromatic rings. The highest BCUT2D eigenvalue weighted by molar-refractivity contribution is 7.88. The van der Waals surface area contributed by atoms with E-state index in [1.54, 1.807) is 13.0 Å². The molecule has 0 unspecified atom stereocenters. The van der Waals surface area contributed by atoms with E-state index in [2.05, 4.69) is 4.72 Å².